The Hall–Kier alpha value is -1.43. The Balaban J connectivity index is 1.93. The Kier molecular flexibility index (Phi) is 3.05. The van der Waals surface area contributed by atoms with E-state index in [-0.39, 0.29) is 5.25 Å². The summed E-state index contributed by atoms with van der Waals surface area (Å²) in [6.45, 7) is 2.00. The molecule has 0 aliphatic carbocycles. The second-order valence-electron chi connectivity index (χ2n) is 5.24. The molecule has 0 N–H and O–H groups in total. The first-order valence-electron chi connectivity index (χ1n) is 6.58. The van der Waals surface area contributed by atoms with Crippen LogP contribution < -0.4 is 0 Å². The van der Waals surface area contributed by atoms with E-state index in [4.69, 9.17) is 0 Å². The van der Waals surface area contributed by atoms with E-state index >= 15 is 0 Å². The zero-order valence-electron chi connectivity index (χ0n) is 10.9. The van der Waals surface area contributed by atoms with Gasteiger partial charge >= 0.3 is 0 Å². The first-order valence-corrected chi connectivity index (χ1v) is 8.30. The molecule has 1 atom stereocenters. The van der Waals surface area contributed by atoms with Gasteiger partial charge in [-0.1, -0.05) is 6.42 Å². The summed E-state index contributed by atoms with van der Waals surface area (Å²) < 4.78 is 26.0. The Morgan fingerprint density at radius 2 is 2.21 bits per heavy atom. The van der Waals surface area contributed by atoms with Crippen molar-refractivity contribution in [3.63, 3.8) is 0 Å². The fourth-order valence-corrected chi connectivity index (χ4v) is 4.50. The predicted molar refractivity (Wildman–Crippen MR) is 72.9 cm³/mol. The minimum atomic E-state index is -2.96. The van der Waals surface area contributed by atoms with Crippen LogP contribution >= 0.6 is 0 Å². The molecule has 1 aliphatic heterocycles. The summed E-state index contributed by atoms with van der Waals surface area (Å²) >= 11 is 0. The lowest BCUT2D eigenvalue weighted by molar-refractivity contribution is 0.533. The van der Waals surface area contributed by atoms with Gasteiger partial charge in [-0.2, -0.15) is 0 Å². The highest BCUT2D eigenvalue weighted by molar-refractivity contribution is 7.92. The van der Waals surface area contributed by atoms with E-state index in [1.165, 1.54) is 0 Å². The van der Waals surface area contributed by atoms with Crippen LogP contribution in [0.4, 0.5) is 0 Å². The fourth-order valence-electron chi connectivity index (χ4n) is 2.64. The maximum absolute atomic E-state index is 12.0. The molecule has 1 unspecified atom stereocenters. The number of hydrogen-bond acceptors (Lipinski definition) is 4. The van der Waals surface area contributed by atoms with Crippen LogP contribution in [-0.2, 0) is 16.3 Å². The molecule has 0 spiro atoms. The molecule has 0 radical (unpaired) electrons. The van der Waals surface area contributed by atoms with Gasteiger partial charge in [-0.3, -0.25) is 4.40 Å². The first kappa shape index (κ1) is 12.6. The highest BCUT2D eigenvalue weighted by atomic mass is 32.2. The molecule has 0 bridgehead atoms. The van der Waals surface area contributed by atoms with Crippen molar-refractivity contribution in [2.24, 2.45) is 0 Å². The quantitative estimate of drug-likeness (QED) is 0.836. The minimum Gasteiger partial charge on any atom is -0.286 e. The van der Waals surface area contributed by atoms with E-state index in [2.05, 4.69) is 10.2 Å². The number of pyridine rings is 1. The van der Waals surface area contributed by atoms with Crippen molar-refractivity contribution in [2.45, 2.75) is 37.9 Å². The lowest BCUT2D eigenvalue weighted by atomic mass is 10.1. The molecular formula is C13H17N3O2S. The molecule has 0 saturated carbocycles. The van der Waals surface area contributed by atoms with Crippen LogP contribution in [0.15, 0.2) is 18.3 Å². The normalized spacial score (nSPS) is 22.7. The van der Waals surface area contributed by atoms with E-state index in [0.29, 0.717) is 12.2 Å². The summed E-state index contributed by atoms with van der Waals surface area (Å²) in [6, 6.07) is 3.93. The molecule has 6 heteroatoms. The molecule has 1 fully saturated rings. The van der Waals surface area contributed by atoms with Gasteiger partial charge in [-0.05, 0) is 37.5 Å². The lowest BCUT2D eigenvalue weighted by Gasteiger charge is -2.21. The Labute approximate surface area is 112 Å². The minimum absolute atomic E-state index is 0.296. The maximum atomic E-state index is 12.0. The molecule has 1 saturated heterocycles. The van der Waals surface area contributed by atoms with Crippen LogP contribution in [0.3, 0.4) is 0 Å². The average molecular weight is 279 g/mol. The van der Waals surface area contributed by atoms with E-state index in [0.717, 1.165) is 36.3 Å². The number of aromatic nitrogens is 3. The van der Waals surface area contributed by atoms with Gasteiger partial charge in [0.25, 0.3) is 0 Å². The van der Waals surface area contributed by atoms with Gasteiger partial charge in [0, 0.05) is 12.6 Å². The second-order valence-corrected chi connectivity index (χ2v) is 7.64. The highest BCUT2D eigenvalue weighted by Crippen LogP contribution is 2.22. The number of nitrogens with zero attached hydrogens (tertiary/aromatic N) is 3. The zero-order chi connectivity index (χ0) is 13.5. The van der Waals surface area contributed by atoms with E-state index < -0.39 is 9.84 Å². The van der Waals surface area contributed by atoms with Crippen molar-refractivity contribution in [3.05, 3.63) is 29.7 Å². The van der Waals surface area contributed by atoms with Gasteiger partial charge in [-0.15, -0.1) is 10.2 Å². The van der Waals surface area contributed by atoms with Gasteiger partial charge in [0.15, 0.2) is 15.5 Å². The van der Waals surface area contributed by atoms with Crippen molar-refractivity contribution < 1.29 is 8.42 Å². The van der Waals surface area contributed by atoms with Gasteiger partial charge in [0.05, 0.1) is 11.0 Å². The van der Waals surface area contributed by atoms with Crippen LogP contribution in [0.25, 0.3) is 5.65 Å². The molecule has 102 valence electrons. The summed E-state index contributed by atoms with van der Waals surface area (Å²) in [5.41, 5.74) is 1.90. The van der Waals surface area contributed by atoms with E-state index in [1.807, 2.05) is 29.7 Å². The van der Waals surface area contributed by atoms with Gasteiger partial charge in [-0.25, -0.2) is 8.42 Å². The maximum Gasteiger partial charge on any atom is 0.161 e. The van der Waals surface area contributed by atoms with Crippen LogP contribution in [0.1, 0.15) is 30.7 Å². The number of rotatable bonds is 2. The SMILES string of the molecule is Cc1ccn2c(CC3CCCCS3(=O)=O)nnc2c1. The van der Waals surface area contributed by atoms with Crippen molar-refractivity contribution in [2.75, 3.05) is 5.75 Å². The predicted octanol–water partition coefficient (Wildman–Crippen LogP) is 1.55. The van der Waals surface area contributed by atoms with Crippen LogP contribution in [0, 0.1) is 6.92 Å². The molecule has 3 rings (SSSR count). The molecule has 3 heterocycles. The topological polar surface area (TPSA) is 64.3 Å². The Morgan fingerprint density at radius 3 is 3.00 bits per heavy atom. The third kappa shape index (κ3) is 2.36. The Morgan fingerprint density at radius 1 is 1.37 bits per heavy atom. The van der Waals surface area contributed by atoms with Crippen LogP contribution in [-0.4, -0.2) is 34.0 Å². The van der Waals surface area contributed by atoms with Crippen molar-refractivity contribution in [1.29, 1.82) is 0 Å². The van der Waals surface area contributed by atoms with Crippen LogP contribution in [0.5, 0.6) is 0 Å². The molecule has 1 aliphatic rings. The van der Waals surface area contributed by atoms with E-state index in [1.54, 1.807) is 0 Å². The van der Waals surface area contributed by atoms with Gasteiger partial charge < -0.3 is 0 Å². The molecule has 0 aromatic carbocycles. The Bertz CT molecular complexity index is 706. The first-order chi connectivity index (χ1) is 9.06. The third-order valence-electron chi connectivity index (χ3n) is 3.76. The molecular weight excluding hydrogens is 262 g/mol. The van der Waals surface area contributed by atoms with Gasteiger partial charge in [0.1, 0.15) is 5.82 Å². The standard InChI is InChI=1S/C13H17N3O2S/c1-10-5-6-16-12(8-10)14-15-13(16)9-11-4-2-3-7-19(11,17)18/h5-6,8,11H,2-4,7,9H2,1H3. The number of fused-ring (bicyclic) bond motifs is 1. The average Bonchev–Trinajstić information content (AvgIpc) is 2.74. The zero-order valence-corrected chi connectivity index (χ0v) is 11.7. The van der Waals surface area contributed by atoms with Crippen LogP contribution in [0.2, 0.25) is 0 Å². The number of aryl methyl sites for hydroxylation is 1. The van der Waals surface area contributed by atoms with Crippen molar-refractivity contribution >= 4 is 15.5 Å². The molecule has 2 aromatic heterocycles. The molecule has 0 amide bonds. The summed E-state index contributed by atoms with van der Waals surface area (Å²) in [7, 11) is -2.96. The van der Waals surface area contributed by atoms with Crippen molar-refractivity contribution in [1.82, 2.24) is 14.6 Å². The summed E-state index contributed by atoms with van der Waals surface area (Å²) in [5, 5.41) is 7.96. The summed E-state index contributed by atoms with van der Waals surface area (Å²) in [6.07, 6.45) is 4.89. The number of hydrogen-bond donors (Lipinski definition) is 0. The molecule has 5 nitrogen and oxygen atoms in total. The van der Waals surface area contributed by atoms with E-state index in [9.17, 15) is 8.42 Å². The molecule has 2 aromatic rings. The molecule has 19 heavy (non-hydrogen) atoms. The fraction of sp³-hybridized carbons (Fsp3) is 0.538. The monoisotopic (exact) mass is 279 g/mol. The van der Waals surface area contributed by atoms with Crippen molar-refractivity contribution in [3.8, 4) is 0 Å². The lowest BCUT2D eigenvalue weighted by Crippen LogP contribution is -2.30. The second kappa shape index (κ2) is 4.59. The third-order valence-corrected chi connectivity index (χ3v) is 6.03. The smallest absolute Gasteiger partial charge is 0.161 e. The van der Waals surface area contributed by atoms with Gasteiger partial charge in [0.2, 0.25) is 0 Å². The summed E-state index contributed by atoms with van der Waals surface area (Å²) in [5.74, 6) is 1.05. The largest absolute Gasteiger partial charge is 0.286 e. The summed E-state index contributed by atoms with van der Waals surface area (Å²) in [4.78, 5) is 0. The highest BCUT2D eigenvalue weighted by Gasteiger charge is 2.30. The number of sulfone groups is 1.